The van der Waals surface area contributed by atoms with E-state index >= 15 is 0 Å². The van der Waals surface area contributed by atoms with Gasteiger partial charge in [-0.25, -0.2) is 0 Å². The second-order valence-corrected chi connectivity index (χ2v) is 7.63. The van der Waals surface area contributed by atoms with Gasteiger partial charge in [0, 0.05) is 20.1 Å². The number of halogens is 1. The molecular formula is C21H25ClN2. The van der Waals surface area contributed by atoms with Crippen LogP contribution in [0, 0.1) is 0 Å². The maximum absolute atomic E-state index is 6.63. The first kappa shape index (κ1) is 15.8. The minimum absolute atomic E-state index is 0.612. The third kappa shape index (κ3) is 3.00. The van der Waals surface area contributed by atoms with E-state index in [1.807, 2.05) is 0 Å². The Hall–Kier alpha value is -1.67. The SMILES string of the molecule is CN1CCNc2cc(C3CCC[C@@H](c4ccccc4)C3)cc(Cl)c21. The lowest BCUT2D eigenvalue weighted by atomic mass is 9.75. The van der Waals surface area contributed by atoms with Gasteiger partial charge in [-0.1, -0.05) is 48.4 Å². The molecule has 1 aliphatic carbocycles. The normalized spacial score (nSPS) is 23.5. The zero-order valence-electron chi connectivity index (χ0n) is 14.3. The highest BCUT2D eigenvalue weighted by atomic mass is 35.5. The topological polar surface area (TPSA) is 15.3 Å². The van der Waals surface area contributed by atoms with Gasteiger partial charge in [0.1, 0.15) is 0 Å². The van der Waals surface area contributed by atoms with Gasteiger partial charge in [0.15, 0.2) is 0 Å². The van der Waals surface area contributed by atoms with Crippen LogP contribution in [-0.2, 0) is 0 Å². The maximum Gasteiger partial charge on any atom is 0.0789 e. The maximum atomic E-state index is 6.63. The number of hydrogen-bond donors (Lipinski definition) is 1. The van der Waals surface area contributed by atoms with Crippen LogP contribution in [0.1, 0.15) is 48.6 Å². The molecule has 0 aromatic heterocycles. The van der Waals surface area contributed by atoms with Gasteiger partial charge in [-0.05, 0) is 54.4 Å². The highest BCUT2D eigenvalue weighted by molar-refractivity contribution is 6.34. The summed E-state index contributed by atoms with van der Waals surface area (Å²) in [5.74, 6) is 1.29. The van der Waals surface area contributed by atoms with Gasteiger partial charge in [-0.3, -0.25) is 0 Å². The standard InChI is InChI=1S/C21H25ClN2/c1-24-11-10-23-20-14-18(13-19(22)21(20)24)17-9-5-8-16(12-17)15-6-3-2-4-7-15/h2-4,6-7,13-14,16-17,23H,5,8-12H2,1H3/t16-,17?/m1/s1. The van der Waals surface area contributed by atoms with E-state index in [1.165, 1.54) is 42.5 Å². The van der Waals surface area contributed by atoms with Gasteiger partial charge in [0.25, 0.3) is 0 Å². The molecular weight excluding hydrogens is 316 g/mol. The van der Waals surface area contributed by atoms with Crippen LogP contribution in [0.2, 0.25) is 5.02 Å². The highest BCUT2D eigenvalue weighted by Crippen LogP contribution is 2.45. The molecule has 2 aromatic rings. The van der Waals surface area contributed by atoms with Crippen LogP contribution in [0.4, 0.5) is 11.4 Å². The molecule has 0 spiro atoms. The summed E-state index contributed by atoms with van der Waals surface area (Å²) in [4.78, 5) is 2.26. The second-order valence-electron chi connectivity index (χ2n) is 7.22. The van der Waals surface area contributed by atoms with Gasteiger partial charge in [-0.2, -0.15) is 0 Å². The number of fused-ring (bicyclic) bond motifs is 1. The largest absolute Gasteiger partial charge is 0.382 e. The average Bonchev–Trinajstić information content (AvgIpc) is 2.62. The summed E-state index contributed by atoms with van der Waals surface area (Å²) in [6.07, 6.45) is 5.11. The molecule has 0 amide bonds. The molecule has 1 unspecified atom stereocenters. The fourth-order valence-electron chi connectivity index (χ4n) is 4.37. The number of nitrogens with one attached hydrogen (secondary N) is 1. The molecule has 2 aliphatic rings. The summed E-state index contributed by atoms with van der Waals surface area (Å²) < 4.78 is 0. The molecule has 0 saturated heterocycles. The highest BCUT2D eigenvalue weighted by Gasteiger charge is 2.26. The van der Waals surface area contributed by atoms with Crippen LogP contribution in [0.15, 0.2) is 42.5 Å². The van der Waals surface area contributed by atoms with Crippen molar-refractivity contribution in [1.29, 1.82) is 0 Å². The number of rotatable bonds is 2. The minimum Gasteiger partial charge on any atom is -0.382 e. The summed E-state index contributed by atoms with van der Waals surface area (Å²) >= 11 is 6.63. The van der Waals surface area contributed by atoms with Crippen molar-refractivity contribution in [3.05, 3.63) is 58.6 Å². The van der Waals surface area contributed by atoms with E-state index in [9.17, 15) is 0 Å². The molecule has 3 heteroatoms. The molecule has 1 saturated carbocycles. The molecule has 1 fully saturated rings. The molecule has 2 nitrogen and oxygen atoms in total. The van der Waals surface area contributed by atoms with Gasteiger partial charge in [0.05, 0.1) is 16.4 Å². The van der Waals surface area contributed by atoms with Crippen LogP contribution >= 0.6 is 11.6 Å². The van der Waals surface area contributed by atoms with Crippen LogP contribution in [0.25, 0.3) is 0 Å². The smallest absolute Gasteiger partial charge is 0.0789 e. The van der Waals surface area contributed by atoms with Crippen molar-refractivity contribution in [1.82, 2.24) is 0 Å². The van der Waals surface area contributed by atoms with Crippen molar-refractivity contribution < 1.29 is 0 Å². The zero-order chi connectivity index (χ0) is 16.5. The van der Waals surface area contributed by atoms with Crippen LogP contribution in [-0.4, -0.2) is 20.1 Å². The second kappa shape index (κ2) is 6.68. The first-order chi connectivity index (χ1) is 11.7. The van der Waals surface area contributed by atoms with Gasteiger partial charge >= 0.3 is 0 Å². The Kier molecular flexibility index (Phi) is 4.41. The summed E-state index contributed by atoms with van der Waals surface area (Å²) in [6, 6.07) is 15.5. The molecule has 0 radical (unpaired) electrons. The molecule has 1 heterocycles. The van der Waals surface area contributed by atoms with Gasteiger partial charge in [0.2, 0.25) is 0 Å². The van der Waals surface area contributed by atoms with Crippen molar-refractivity contribution >= 4 is 23.0 Å². The number of anilines is 2. The van der Waals surface area contributed by atoms with Crippen molar-refractivity contribution in [2.24, 2.45) is 0 Å². The summed E-state index contributed by atoms with van der Waals surface area (Å²) in [5.41, 5.74) is 5.25. The van der Waals surface area contributed by atoms with Crippen LogP contribution in [0.3, 0.4) is 0 Å². The minimum atomic E-state index is 0.612. The van der Waals surface area contributed by atoms with E-state index in [1.54, 1.807) is 0 Å². The zero-order valence-corrected chi connectivity index (χ0v) is 15.0. The Morgan fingerprint density at radius 1 is 1.04 bits per heavy atom. The predicted octanol–water partition coefficient (Wildman–Crippen LogP) is 5.64. The third-order valence-electron chi connectivity index (χ3n) is 5.65. The van der Waals surface area contributed by atoms with Gasteiger partial charge in [-0.15, -0.1) is 0 Å². The molecule has 2 aromatic carbocycles. The fraction of sp³-hybridized carbons (Fsp3) is 0.429. The lowest BCUT2D eigenvalue weighted by molar-refractivity contribution is 0.394. The monoisotopic (exact) mass is 340 g/mol. The Morgan fingerprint density at radius 2 is 1.79 bits per heavy atom. The number of hydrogen-bond acceptors (Lipinski definition) is 2. The quantitative estimate of drug-likeness (QED) is 0.760. The van der Waals surface area contributed by atoms with E-state index in [0.717, 1.165) is 23.8 Å². The molecule has 4 rings (SSSR count). The Bertz CT molecular complexity index is 713. The number of benzene rings is 2. The molecule has 2 atom stereocenters. The summed E-state index contributed by atoms with van der Waals surface area (Å²) in [7, 11) is 2.12. The number of nitrogens with zero attached hydrogens (tertiary/aromatic N) is 1. The Labute approximate surface area is 149 Å². The van der Waals surface area contributed by atoms with Crippen molar-refractivity contribution in [3.8, 4) is 0 Å². The molecule has 126 valence electrons. The van der Waals surface area contributed by atoms with Crippen LogP contribution < -0.4 is 10.2 Å². The summed E-state index contributed by atoms with van der Waals surface area (Å²) in [6.45, 7) is 1.99. The van der Waals surface area contributed by atoms with E-state index in [0.29, 0.717) is 11.8 Å². The van der Waals surface area contributed by atoms with E-state index in [4.69, 9.17) is 11.6 Å². The average molecular weight is 341 g/mol. The van der Waals surface area contributed by atoms with E-state index in [2.05, 4.69) is 59.7 Å². The van der Waals surface area contributed by atoms with Crippen molar-refractivity contribution in [3.63, 3.8) is 0 Å². The van der Waals surface area contributed by atoms with Gasteiger partial charge < -0.3 is 10.2 Å². The van der Waals surface area contributed by atoms with Crippen LogP contribution in [0.5, 0.6) is 0 Å². The lowest BCUT2D eigenvalue weighted by Crippen LogP contribution is -2.30. The lowest BCUT2D eigenvalue weighted by Gasteiger charge is -2.33. The van der Waals surface area contributed by atoms with Crippen molar-refractivity contribution in [2.75, 3.05) is 30.4 Å². The Balaban J connectivity index is 1.61. The predicted molar refractivity (Wildman–Crippen MR) is 104 cm³/mol. The molecule has 24 heavy (non-hydrogen) atoms. The third-order valence-corrected chi connectivity index (χ3v) is 5.93. The molecule has 1 aliphatic heterocycles. The summed E-state index contributed by atoms with van der Waals surface area (Å²) in [5, 5.41) is 4.42. The van der Waals surface area contributed by atoms with Crippen molar-refractivity contribution in [2.45, 2.75) is 37.5 Å². The first-order valence-corrected chi connectivity index (χ1v) is 9.43. The first-order valence-electron chi connectivity index (χ1n) is 9.06. The van der Waals surface area contributed by atoms with E-state index in [-0.39, 0.29) is 0 Å². The van der Waals surface area contributed by atoms with E-state index < -0.39 is 0 Å². The number of likely N-dealkylation sites (N-methyl/N-ethyl adjacent to an activating group) is 1. The Morgan fingerprint density at radius 3 is 2.58 bits per heavy atom. The molecule has 1 N–H and O–H groups in total. The fourth-order valence-corrected chi connectivity index (χ4v) is 4.74. The molecule has 0 bridgehead atoms.